The number of fused-ring (bicyclic) bond motifs is 1. The number of nitrogens with one attached hydrogen (secondary N) is 1. The number of carbonyl (C=O) groups is 1. The van der Waals surface area contributed by atoms with Crippen LogP contribution in [0, 0.1) is 6.92 Å². The van der Waals surface area contributed by atoms with Crippen molar-refractivity contribution in [3.05, 3.63) is 71.9 Å². The van der Waals surface area contributed by atoms with Gasteiger partial charge in [0.1, 0.15) is 11.5 Å². The van der Waals surface area contributed by atoms with E-state index in [-0.39, 0.29) is 23.9 Å². The van der Waals surface area contributed by atoms with Gasteiger partial charge in [0.05, 0.1) is 0 Å². The van der Waals surface area contributed by atoms with Gasteiger partial charge in [-0.3, -0.25) is 4.79 Å². The van der Waals surface area contributed by atoms with Crippen molar-refractivity contribution < 1.29 is 8.68 Å². The van der Waals surface area contributed by atoms with E-state index in [1.54, 1.807) is 30.5 Å². The Balaban J connectivity index is 1.83. The summed E-state index contributed by atoms with van der Waals surface area (Å²) >= 11 is -0.316. The summed E-state index contributed by atoms with van der Waals surface area (Å²) in [6.07, 6.45) is 3.01. The molecule has 6 nitrogen and oxygen atoms in total. The smallest absolute Gasteiger partial charge is 0.276 e. The van der Waals surface area contributed by atoms with Gasteiger partial charge in [-0.15, -0.1) is 3.89 Å². The van der Waals surface area contributed by atoms with Crippen molar-refractivity contribution in [1.82, 2.24) is 9.97 Å². The van der Waals surface area contributed by atoms with Gasteiger partial charge in [0.25, 0.3) is 5.91 Å². The molecule has 136 valence electrons. The summed E-state index contributed by atoms with van der Waals surface area (Å²) in [7, 11) is 0. The number of amides is 1. The van der Waals surface area contributed by atoms with Gasteiger partial charge in [0.2, 0.25) is 0 Å². The van der Waals surface area contributed by atoms with Gasteiger partial charge in [-0.25, -0.2) is 9.97 Å². The van der Waals surface area contributed by atoms with Gasteiger partial charge in [-0.2, -0.15) is 4.40 Å². The van der Waals surface area contributed by atoms with Gasteiger partial charge in [-0.05, 0) is 42.3 Å². The summed E-state index contributed by atoms with van der Waals surface area (Å²) < 4.78 is 16.2. The molecule has 0 fully saturated rings. The third-order valence-corrected chi connectivity index (χ3v) is 3.95. The van der Waals surface area contributed by atoms with Gasteiger partial charge in [0.15, 0.2) is 18.0 Å². The standard InChI is InChI=1S/C19H16FN5OS/c1-12-9-14-7-8-17(23-18(14)22-11-12)24-19(26)16(25-27-20)10-15(21)13-5-3-2-4-6-13/h2-11H,21H2,1H3,(H,22,23,24,26)/b15-10-,25-16-. The highest BCUT2D eigenvalue weighted by molar-refractivity contribution is 7.93. The molecule has 0 unspecified atom stereocenters. The first-order valence-electron chi connectivity index (χ1n) is 8.00. The van der Waals surface area contributed by atoms with Gasteiger partial charge in [-0.1, -0.05) is 30.3 Å². The molecule has 0 saturated carbocycles. The number of carbonyl (C=O) groups excluding carboxylic acids is 1. The van der Waals surface area contributed by atoms with E-state index in [2.05, 4.69) is 19.7 Å². The fourth-order valence-electron chi connectivity index (χ4n) is 2.40. The maximum Gasteiger partial charge on any atom is 0.276 e. The van der Waals surface area contributed by atoms with Gasteiger partial charge < -0.3 is 11.1 Å². The number of aromatic nitrogens is 2. The molecule has 27 heavy (non-hydrogen) atoms. The second kappa shape index (κ2) is 8.41. The molecule has 0 spiro atoms. The molecule has 0 bridgehead atoms. The number of aryl methyl sites for hydroxylation is 1. The highest BCUT2D eigenvalue weighted by Crippen LogP contribution is 2.15. The lowest BCUT2D eigenvalue weighted by Gasteiger charge is -2.07. The largest absolute Gasteiger partial charge is 0.398 e. The van der Waals surface area contributed by atoms with Crippen molar-refractivity contribution in [2.45, 2.75) is 6.92 Å². The summed E-state index contributed by atoms with van der Waals surface area (Å²) in [5.74, 6) is -0.343. The highest BCUT2D eigenvalue weighted by atomic mass is 32.2. The monoisotopic (exact) mass is 381 g/mol. The lowest BCUT2D eigenvalue weighted by atomic mass is 10.1. The van der Waals surface area contributed by atoms with E-state index >= 15 is 0 Å². The Labute approximate surface area is 159 Å². The maximum absolute atomic E-state index is 12.7. The van der Waals surface area contributed by atoms with Gasteiger partial charge >= 0.3 is 0 Å². The Bertz CT molecular complexity index is 1040. The zero-order valence-corrected chi connectivity index (χ0v) is 15.2. The fraction of sp³-hybridized carbons (Fsp3) is 0.0526. The van der Waals surface area contributed by atoms with Crippen molar-refractivity contribution in [3.8, 4) is 0 Å². The third-order valence-electron chi connectivity index (χ3n) is 3.69. The number of nitrogens with zero attached hydrogens (tertiary/aromatic N) is 3. The summed E-state index contributed by atoms with van der Waals surface area (Å²) in [5, 5.41) is 3.45. The number of anilines is 1. The molecule has 0 aliphatic carbocycles. The second-order valence-corrected chi connectivity index (χ2v) is 6.04. The SMILES string of the molecule is Cc1cnc2nc(NC(=O)C(/C=C(\N)c3ccccc3)=N\SF)ccc2c1. The molecular formula is C19H16FN5OS. The lowest BCUT2D eigenvalue weighted by Crippen LogP contribution is -2.22. The third kappa shape index (κ3) is 4.68. The van der Waals surface area contributed by atoms with Crippen LogP contribution in [0.1, 0.15) is 11.1 Å². The Morgan fingerprint density at radius 3 is 2.78 bits per heavy atom. The van der Waals surface area contributed by atoms with E-state index in [4.69, 9.17) is 5.73 Å². The highest BCUT2D eigenvalue weighted by Gasteiger charge is 2.13. The summed E-state index contributed by atoms with van der Waals surface area (Å²) in [5.41, 5.74) is 8.33. The molecule has 0 saturated heterocycles. The molecular weight excluding hydrogens is 365 g/mol. The number of pyridine rings is 2. The van der Waals surface area contributed by atoms with Crippen molar-refractivity contribution in [3.63, 3.8) is 0 Å². The van der Waals surface area contributed by atoms with Crippen LogP contribution in [0.5, 0.6) is 0 Å². The molecule has 0 aliphatic heterocycles. The van der Waals surface area contributed by atoms with Crippen molar-refractivity contribution in [2.75, 3.05) is 5.32 Å². The molecule has 8 heteroatoms. The Hall–Kier alpha value is -3.26. The van der Waals surface area contributed by atoms with Crippen LogP contribution in [-0.4, -0.2) is 21.6 Å². The molecule has 2 heterocycles. The minimum absolute atomic E-state index is 0.164. The van der Waals surface area contributed by atoms with Crippen molar-refractivity contribution in [1.29, 1.82) is 0 Å². The summed E-state index contributed by atoms with van der Waals surface area (Å²) in [4.78, 5) is 21.0. The number of hydrogen-bond acceptors (Lipinski definition) is 6. The number of benzene rings is 1. The zero-order valence-electron chi connectivity index (χ0n) is 14.4. The molecule has 1 aromatic carbocycles. The van der Waals surface area contributed by atoms with E-state index < -0.39 is 5.91 Å². The lowest BCUT2D eigenvalue weighted by molar-refractivity contribution is -0.110. The van der Waals surface area contributed by atoms with Crippen LogP contribution in [0.2, 0.25) is 0 Å². The molecule has 3 aromatic rings. The molecule has 1 amide bonds. The summed E-state index contributed by atoms with van der Waals surface area (Å²) in [6, 6.07) is 14.4. The molecule has 0 aliphatic rings. The van der Waals surface area contributed by atoms with Crippen molar-refractivity contribution >= 4 is 46.5 Å². The van der Waals surface area contributed by atoms with Crippen LogP contribution < -0.4 is 11.1 Å². The minimum Gasteiger partial charge on any atom is -0.398 e. The molecule has 0 radical (unpaired) electrons. The predicted molar refractivity (Wildman–Crippen MR) is 108 cm³/mol. The average molecular weight is 381 g/mol. The van der Waals surface area contributed by atoms with E-state index in [9.17, 15) is 8.68 Å². The van der Waals surface area contributed by atoms with E-state index in [1.165, 1.54) is 6.08 Å². The Kier molecular flexibility index (Phi) is 5.77. The number of nitrogens with two attached hydrogens (primary N) is 1. The first-order valence-corrected chi connectivity index (χ1v) is 8.67. The van der Waals surface area contributed by atoms with Crippen molar-refractivity contribution in [2.24, 2.45) is 10.1 Å². The molecule has 2 aromatic heterocycles. The van der Waals surface area contributed by atoms with Crippen LogP contribution in [0.25, 0.3) is 16.7 Å². The second-order valence-electron chi connectivity index (χ2n) is 5.72. The maximum atomic E-state index is 12.7. The first-order chi connectivity index (χ1) is 13.1. The molecule has 3 N–H and O–H groups in total. The number of hydrogen-bond donors (Lipinski definition) is 2. The first kappa shape index (κ1) is 18.5. The van der Waals surface area contributed by atoms with E-state index in [0.29, 0.717) is 16.9 Å². The quantitative estimate of drug-likeness (QED) is 0.517. The topological polar surface area (TPSA) is 93.3 Å². The van der Waals surface area contributed by atoms with Crippen LogP contribution >= 0.6 is 12.3 Å². The average Bonchev–Trinajstić information content (AvgIpc) is 2.68. The van der Waals surface area contributed by atoms with Crippen LogP contribution in [0.4, 0.5) is 9.70 Å². The van der Waals surface area contributed by atoms with Crippen LogP contribution in [-0.2, 0) is 4.79 Å². The van der Waals surface area contributed by atoms with E-state index in [1.807, 2.05) is 31.2 Å². The summed E-state index contributed by atoms with van der Waals surface area (Å²) in [6.45, 7) is 1.93. The predicted octanol–water partition coefficient (Wildman–Crippen LogP) is 3.85. The van der Waals surface area contributed by atoms with Gasteiger partial charge in [0, 0.05) is 17.3 Å². The Morgan fingerprint density at radius 1 is 1.26 bits per heavy atom. The zero-order chi connectivity index (χ0) is 19.2. The Morgan fingerprint density at radius 2 is 2.04 bits per heavy atom. The van der Waals surface area contributed by atoms with Crippen LogP contribution in [0.15, 0.2) is 65.2 Å². The number of halogens is 1. The van der Waals surface area contributed by atoms with E-state index in [0.717, 1.165) is 10.9 Å². The minimum atomic E-state index is -0.627. The number of rotatable bonds is 5. The fourth-order valence-corrected chi connectivity index (χ4v) is 2.61. The molecule has 0 atom stereocenters. The molecule has 3 rings (SSSR count). The van der Waals surface area contributed by atoms with Crippen LogP contribution in [0.3, 0.4) is 0 Å². The normalized spacial score (nSPS) is 12.2.